The monoisotopic (exact) mass is 293 g/mol. The molecule has 2 rings (SSSR count). The number of hydrogen-bond acceptors (Lipinski definition) is 5. The van der Waals surface area contributed by atoms with Gasteiger partial charge in [0, 0.05) is 10.8 Å². The van der Waals surface area contributed by atoms with Crippen LogP contribution in [-0.2, 0) is 10.8 Å². The van der Waals surface area contributed by atoms with Crippen molar-refractivity contribution < 1.29 is 8.83 Å². The Kier molecular flexibility index (Phi) is 3.59. The maximum absolute atomic E-state index is 12.0. The number of rotatable bonds is 2. The van der Waals surface area contributed by atoms with Gasteiger partial charge in [0.05, 0.1) is 6.20 Å². The first-order chi connectivity index (χ1) is 9.50. The molecule has 0 spiro atoms. The third-order valence-electron chi connectivity index (χ3n) is 3.20. The van der Waals surface area contributed by atoms with E-state index in [9.17, 15) is 4.79 Å². The zero-order valence-corrected chi connectivity index (χ0v) is 13.7. The van der Waals surface area contributed by atoms with Gasteiger partial charge in [0.15, 0.2) is 0 Å². The van der Waals surface area contributed by atoms with Gasteiger partial charge in [-0.1, -0.05) is 41.5 Å². The van der Waals surface area contributed by atoms with Crippen LogP contribution in [-0.4, -0.2) is 14.8 Å². The Bertz CT molecular complexity index is 680. The minimum atomic E-state index is -0.497. The van der Waals surface area contributed by atoms with Crippen LogP contribution in [0.15, 0.2) is 19.8 Å². The van der Waals surface area contributed by atoms with Gasteiger partial charge >= 0.3 is 5.76 Å². The van der Waals surface area contributed by atoms with Crippen molar-refractivity contribution in [1.29, 1.82) is 0 Å². The van der Waals surface area contributed by atoms with Crippen molar-refractivity contribution in [2.24, 2.45) is 0 Å². The van der Waals surface area contributed by atoms with Crippen LogP contribution in [0.1, 0.15) is 72.0 Å². The van der Waals surface area contributed by atoms with Crippen molar-refractivity contribution in [3.05, 3.63) is 34.3 Å². The largest absolute Gasteiger partial charge is 0.443 e. The predicted octanol–water partition coefficient (Wildman–Crippen LogP) is 3.03. The molecule has 1 atom stereocenters. The fourth-order valence-corrected chi connectivity index (χ4v) is 1.77. The Morgan fingerprint density at radius 3 is 2.14 bits per heavy atom. The Hall–Kier alpha value is -1.85. The molecule has 0 bridgehead atoms. The SMILES string of the molecule is CC(c1ncc(C(C)(C)C)o1)n1nc(C(C)(C)C)oc1=O. The average Bonchev–Trinajstić information content (AvgIpc) is 2.92. The average molecular weight is 293 g/mol. The van der Waals surface area contributed by atoms with Gasteiger partial charge in [-0.15, -0.1) is 5.10 Å². The molecule has 6 heteroatoms. The number of aromatic nitrogens is 3. The topological polar surface area (TPSA) is 74.1 Å². The van der Waals surface area contributed by atoms with E-state index in [4.69, 9.17) is 8.83 Å². The summed E-state index contributed by atoms with van der Waals surface area (Å²) >= 11 is 0. The van der Waals surface area contributed by atoms with E-state index >= 15 is 0 Å². The highest BCUT2D eigenvalue weighted by Crippen LogP contribution is 2.26. The van der Waals surface area contributed by atoms with E-state index < -0.39 is 11.8 Å². The van der Waals surface area contributed by atoms with Gasteiger partial charge < -0.3 is 8.83 Å². The molecule has 2 aromatic heterocycles. The van der Waals surface area contributed by atoms with Crippen LogP contribution in [0.5, 0.6) is 0 Å². The van der Waals surface area contributed by atoms with E-state index in [1.54, 1.807) is 6.20 Å². The van der Waals surface area contributed by atoms with Crippen LogP contribution in [0.2, 0.25) is 0 Å². The van der Waals surface area contributed by atoms with Gasteiger partial charge in [0.2, 0.25) is 11.8 Å². The van der Waals surface area contributed by atoms with Crippen LogP contribution in [0.3, 0.4) is 0 Å². The van der Waals surface area contributed by atoms with E-state index in [0.29, 0.717) is 11.8 Å². The summed E-state index contributed by atoms with van der Waals surface area (Å²) < 4.78 is 12.3. The normalized spacial score (nSPS) is 14.4. The second-order valence-electron chi connectivity index (χ2n) is 7.36. The Morgan fingerprint density at radius 2 is 1.71 bits per heavy atom. The Morgan fingerprint density at radius 1 is 1.10 bits per heavy atom. The molecule has 0 aliphatic heterocycles. The van der Waals surface area contributed by atoms with Gasteiger partial charge in [-0.2, -0.15) is 4.68 Å². The molecule has 1 unspecified atom stereocenters. The maximum atomic E-state index is 12.0. The first-order valence-corrected chi connectivity index (χ1v) is 7.06. The van der Waals surface area contributed by atoms with E-state index in [2.05, 4.69) is 10.1 Å². The van der Waals surface area contributed by atoms with Crippen molar-refractivity contribution in [3.8, 4) is 0 Å². The smallest absolute Gasteiger partial charge is 0.437 e. The molecule has 2 heterocycles. The molecule has 0 aliphatic carbocycles. The van der Waals surface area contributed by atoms with Crippen LogP contribution >= 0.6 is 0 Å². The molecule has 0 N–H and O–H groups in total. The standard InChI is InChI=1S/C15H23N3O3/c1-9(11-16-8-10(20-11)14(2,3)4)18-13(19)21-12(17-18)15(5,6)7/h8-9H,1-7H3. The fraction of sp³-hybridized carbons (Fsp3) is 0.667. The number of oxazole rings is 1. The van der Waals surface area contributed by atoms with Gasteiger partial charge in [-0.3, -0.25) is 0 Å². The first-order valence-electron chi connectivity index (χ1n) is 7.06. The number of nitrogens with zero attached hydrogens (tertiary/aromatic N) is 3. The van der Waals surface area contributed by atoms with E-state index in [1.807, 2.05) is 48.5 Å². The van der Waals surface area contributed by atoms with Crippen LogP contribution in [0.4, 0.5) is 0 Å². The lowest BCUT2D eigenvalue weighted by atomic mass is 9.94. The second kappa shape index (κ2) is 4.86. The minimum absolute atomic E-state index is 0.129. The Labute approximate surface area is 124 Å². The highest BCUT2D eigenvalue weighted by molar-refractivity contribution is 5.07. The highest BCUT2D eigenvalue weighted by atomic mass is 16.4. The third kappa shape index (κ3) is 3.09. The van der Waals surface area contributed by atoms with Gasteiger partial charge in [0.1, 0.15) is 11.8 Å². The molecule has 2 aromatic rings. The summed E-state index contributed by atoms with van der Waals surface area (Å²) in [5.41, 5.74) is -0.451. The van der Waals surface area contributed by atoms with Gasteiger partial charge in [-0.05, 0) is 6.92 Å². The lowest BCUT2D eigenvalue weighted by Gasteiger charge is -2.14. The molecule has 0 saturated carbocycles. The van der Waals surface area contributed by atoms with Crippen molar-refractivity contribution in [2.75, 3.05) is 0 Å². The van der Waals surface area contributed by atoms with Crippen LogP contribution in [0, 0.1) is 0 Å². The van der Waals surface area contributed by atoms with Crippen molar-refractivity contribution in [3.63, 3.8) is 0 Å². The predicted molar refractivity (Wildman–Crippen MR) is 78.5 cm³/mol. The molecule has 0 fully saturated rings. The van der Waals surface area contributed by atoms with Crippen molar-refractivity contribution in [1.82, 2.24) is 14.8 Å². The lowest BCUT2D eigenvalue weighted by Crippen LogP contribution is -2.21. The molecule has 0 saturated heterocycles. The maximum Gasteiger partial charge on any atom is 0.437 e. The molecule has 116 valence electrons. The summed E-state index contributed by atoms with van der Waals surface area (Å²) in [6.07, 6.45) is 1.70. The summed E-state index contributed by atoms with van der Waals surface area (Å²) in [7, 11) is 0. The zero-order chi connectivity index (χ0) is 16.0. The lowest BCUT2D eigenvalue weighted by molar-refractivity contribution is 0.338. The third-order valence-corrected chi connectivity index (χ3v) is 3.20. The molecular weight excluding hydrogens is 270 g/mol. The van der Waals surface area contributed by atoms with E-state index in [-0.39, 0.29) is 10.8 Å². The highest BCUT2D eigenvalue weighted by Gasteiger charge is 2.27. The molecule has 0 amide bonds. The first kappa shape index (κ1) is 15.5. The molecule has 0 aliphatic rings. The summed E-state index contributed by atoms with van der Waals surface area (Å²) in [4.78, 5) is 16.2. The quantitative estimate of drug-likeness (QED) is 0.850. The second-order valence-corrected chi connectivity index (χ2v) is 7.36. The van der Waals surface area contributed by atoms with Crippen LogP contribution < -0.4 is 5.76 Å². The van der Waals surface area contributed by atoms with Gasteiger partial charge in [0.25, 0.3) is 0 Å². The van der Waals surface area contributed by atoms with Crippen molar-refractivity contribution in [2.45, 2.75) is 65.3 Å². The molecule has 0 radical (unpaired) electrons. The summed E-state index contributed by atoms with van der Waals surface area (Å²) in [6, 6.07) is -0.409. The molecule has 21 heavy (non-hydrogen) atoms. The molecular formula is C15H23N3O3. The van der Waals surface area contributed by atoms with Crippen molar-refractivity contribution >= 4 is 0 Å². The van der Waals surface area contributed by atoms with E-state index in [0.717, 1.165) is 5.76 Å². The minimum Gasteiger partial charge on any atom is -0.443 e. The zero-order valence-electron chi connectivity index (χ0n) is 13.7. The fourth-order valence-electron chi connectivity index (χ4n) is 1.77. The summed E-state index contributed by atoms with van der Waals surface area (Å²) in [6.45, 7) is 13.8. The van der Waals surface area contributed by atoms with Gasteiger partial charge in [-0.25, -0.2) is 9.78 Å². The Balaban J connectivity index is 2.37. The summed E-state index contributed by atoms with van der Waals surface area (Å²) in [5.74, 6) is 1.14. The summed E-state index contributed by atoms with van der Waals surface area (Å²) in [5, 5.41) is 4.27. The van der Waals surface area contributed by atoms with Crippen LogP contribution in [0.25, 0.3) is 0 Å². The molecule has 6 nitrogen and oxygen atoms in total. The van der Waals surface area contributed by atoms with E-state index in [1.165, 1.54) is 4.68 Å². The number of hydrogen-bond donors (Lipinski definition) is 0. The molecule has 0 aromatic carbocycles.